The molecule has 3 rings (SSSR count). The molecule has 2 aliphatic rings. The zero-order valence-electron chi connectivity index (χ0n) is 16.9. The Hall–Kier alpha value is -2.08. The number of nitrogens with zero attached hydrogens (tertiary/aromatic N) is 2. The van der Waals surface area contributed by atoms with Crippen molar-refractivity contribution >= 4 is 11.9 Å². The van der Waals surface area contributed by atoms with Crippen molar-refractivity contribution in [3.05, 3.63) is 29.3 Å². The van der Waals surface area contributed by atoms with Crippen molar-refractivity contribution in [1.82, 2.24) is 9.80 Å². The van der Waals surface area contributed by atoms with Crippen LogP contribution in [0.1, 0.15) is 46.4 Å². The molecule has 2 fully saturated rings. The monoisotopic (exact) mass is 374 g/mol. The number of carbonyl (C=O) groups is 2. The van der Waals surface area contributed by atoms with Crippen LogP contribution in [0.15, 0.2) is 18.2 Å². The average molecular weight is 374 g/mol. The third kappa shape index (κ3) is 3.95. The summed E-state index contributed by atoms with van der Waals surface area (Å²) in [5.74, 6) is 1.33. The maximum atomic E-state index is 13.1. The molecule has 6 nitrogen and oxygen atoms in total. The van der Waals surface area contributed by atoms with Crippen molar-refractivity contribution in [3.8, 4) is 5.75 Å². The van der Waals surface area contributed by atoms with Crippen LogP contribution in [0.25, 0.3) is 0 Å². The van der Waals surface area contributed by atoms with Crippen LogP contribution in [0, 0.1) is 11.8 Å². The summed E-state index contributed by atoms with van der Waals surface area (Å²) in [6.45, 7) is 0. The molecule has 4 atom stereocenters. The molecule has 1 aromatic carbocycles. The Morgan fingerprint density at radius 3 is 1.96 bits per heavy atom. The minimum atomic E-state index is -0.476. The predicted molar refractivity (Wildman–Crippen MR) is 103 cm³/mol. The van der Waals surface area contributed by atoms with Gasteiger partial charge in [0.05, 0.1) is 19.8 Å². The minimum absolute atomic E-state index is 0.0758. The van der Waals surface area contributed by atoms with Gasteiger partial charge in [-0.1, -0.05) is 0 Å². The van der Waals surface area contributed by atoms with Crippen LogP contribution < -0.4 is 4.74 Å². The van der Waals surface area contributed by atoms with E-state index in [1.807, 2.05) is 11.9 Å². The standard InChI is InChI=1S/C21H30N2O4/c1-22(2)17-7-13-9-18(10-14(13)8-17)23(3)20(24)15-6-16(21(25)27-5)12-19(11-15)26-4/h6,11-14,17-18H,7-10H2,1-5H3/t13-,14+,17?,18?. The highest BCUT2D eigenvalue weighted by Gasteiger charge is 2.44. The van der Waals surface area contributed by atoms with Crippen LogP contribution in [0.3, 0.4) is 0 Å². The lowest BCUT2D eigenvalue weighted by Gasteiger charge is -2.27. The number of methoxy groups -OCH3 is 2. The number of rotatable bonds is 5. The summed E-state index contributed by atoms with van der Waals surface area (Å²) in [6, 6.07) is 5.78. The van der Waals surface area contributed by atoms with E-state index in [0.717, 1.165) is 12.8 Å². The first-order valence-corrected chi connectivity index (χ1v) is 9.55. The SMILES string of the molecule is COC(=O)c1cc(OC)cc(C(=O)N(C)C2C[C@H]3CC(N(C)C)C[C@H]3C2)c1. The Labute approximate surface area is 161 Å². The fourth-order valence-corrected chi connectivity index (χ4v) is 4.74. The lowest BCUT2D eigenvalue weighted by Crippen LogP contribution is -2.36. The van der Waals surface area contributed by atoms with Gasteiger partial charge in [0.15, 0.2) is 0 Å². The summed E-state index contributed by atoms with van der Waals surface area (Å²) in [6.07, 6.45) is 4.57. The highest BCUT2D eigenvalue weighted by molar-refractivity contribution is 5.98. The molecule has 27 heavy (non-hydrogen) atoms. The Morgan fingerprint density at radius 1 is 0.889 bits per heavy atom. The van der Waals surface area contributed by atoms with E-state index in [2.05, 4.69) is 19.0 Å². The van der Waals surface area contributed by atoms with Crippen molar-refractivity contribution < 1.29 is 19.1 Å². The number of hydrogen-bond donors (Lipinski definition) is 0. The maximum Gasteiger partial charge on any atom is 0.338 e. The van der Waals surface area contributed by atoms with E-state index in [1.54, 1.807) is 18.2 Å². The average Bonchev–Trinajstić information content (AvgIpc) is 3.25. The number of carbonyl (C=O) groups excluding carboxylic acids is 2. The van der Waals surface area contributed by atoms with Gasteiger partial charge in [0.1, 0.15) is 5.75 Å². The summed E-state index contributed by atoms with van der Waals surface area (Å²) in [7, 11) is 9.03. The Kier molecular flexibility index (Phi) is 5.75. The number of fused-ring (bicyclic) bond motifs is 1. The molecule has 0 saturated heterocycles. The van der Waals surface area contributed by atoms with Gasteiger partial charge in [-0.05, 0) is 69.8 Å². The first-order chi connectivity index (χ1) is 12.8. The molecule has 0 bridgehead atoms. The predicted octanol–water partition coefficient (Wildman–Crippen LogP) is 2.67. The number of benzene rings is 1. The molecule has 2 saturated carbocycles. The minimum Gasteiger partial charge on any atom is -0.497 e. The quantitative estimate of drug-likeness (QED) is 0.742. The smallest absolute Gasteiger partial charge is 0.338 e. The lowest BCUT2D eigenvalue weighted by atomic mass is 10.0. The lowest BCUT2D eigenvalue weighted by molar-refractivity contribution is 0.0600. The van der Waals surface area contributed by atoms with E-state index in [0.29, 0.717) is 34.8 Å². The molecule has 0 heterocycles. The molecule has 0 aliphatic heterocycles. The molecule has 0 spiro atoms. The molecule has 1 aromatic rings. The zero-order chi connectivity index (χ0) is 19.7. The Bertz CT molecular complexity index is 704. The zero-order valence-corrected chi connectivity index (χ0v) is 16.9. The first-order valence-electron chi connectivity index (χ1n) is 9.55. The van der Waals surface area contributed by atoms with Crippen molar-refractivity contribution in [2.75, 3.05) is 35.4 Å². The molecular formula is C21H30N2O4. The fourth-order valence-electron chi connectivity index (χ4n) is 4.74. The van der Waals surface area contributed by atoms with Crippen molar-refractivity contribution in [2.24, 2.45) is 11.8 Å². The summed E-state index contributed by atoms with van der Waals surface area (Å²) in [5.41, 5.74) is 0.784. The van der Waals surface area contributed by atoms with Crippen molar-refractivity contribution in [2.45, 2.75) is 37.8 Å². The van der Waals surface area contributed by atoms with Crippen LogP contribution in [0.4, 0.5) is 0 Å². The highest BCUT2D eigenvalue weighted by atomic mass is 16.5. The van der Waals surface area contributed by atoms with Crippen LogP contribution in [0.5, 0.6) is 5.75 Å². The van der Waals surface area contributed by atoms with Crippen LogP contribution in [-0.4, -0.2) is 69.1 Å². The molecule has 0 radical (unpaired) electrons. The fraction of sp³-hybridized carbons (Fsp3) is 0.619. The molecule has 6 heteroatoms. The second kappa shape index (κ2) is 7.89. The van der Waals surface area contributed by atoms with Crippen LogP contribution >= 0.6 is 0 Å². The van der Waals surface area contributed by atoms with Crippen LogP contribution in [-0.2, 0) is 4.74 Å². The third-order valence-corrected chi connectivity index (χ3v) is 6.37. The van der Waals surface area contributed by atoms with Gasteiger partial charge in [0.25, 0.3) is 5.91 Å². The molecule has 2 aliphatic carbocycles. The summed E-state index contributed by atoms with van der Waals surface area (Å²) in [4.78, 5) is 29.1. The van der Waals surface area contributed by atoms with Gasteiger partial charge in [-0.15, -0.1) is 0 Å². The number of amides is 1. The summed E-state index contributed by atoms with van der Waals surface area (Å²) in [5, 5.41) is 0. The van der Waals surface area contributed by atoms with Gasteiger partial charge in [-0.2, -0.15) is 0 Å². The Morgan fingerprint density at radius 2 is 1.44 bits per heavy atom. The first kappa shape index (κ1) is 19.7. The topological polar surface area (TPSA) is 59.1 Å². The van der Waals surface area contributed by atoms with Crippen molar-refractivity contribution in [3.63, 3.8) is 0 Å². The van der Waals surface area contributed by atoms with Gasteiger partial charge in [0.2, 0.25) is 0 Å². The molecule has 1 amide bonds. The number of ether oxygens (including phenoxy) is 2. The molecule has 2 unspecified atom stereocenters. The molecular weight excluding hydrogens is 344 g/mol. The van der Waals surface area contributed by atoms with Gasteiger partial charge in [-0.25, -0.2) is 4.79 Å². The van der Waals surface area contributed by atoms with Crippen molar-refractivity contribution in [1.29, 1.82) is 0 Å². The summed E-state index contributed by atoms with van der Waals surface area (Å²) < 4.78 is 10.0. The number of esters is 1. The normalized spacial score (nSPS) is 26.7. The van der Waals surface area contributed by atoms with Gasteiger partial charge in [0, 0.05) is 24.7 Å². The Balaban J connectivity index is 1.72. The largest absolute Gasteiger partial charge is 0.497 e. The summed E-state index contributed by atoms with van der Waals surface area (Å²) >= 11 is 0. The molecule has 0 N–H and O–H groups in total. The van der Waals surface area contributed by atoms with Gasteiger partial charge >= 0.3 is 5.97 Å². The van der Waals surface area contributed by atoms with E-state index >= 15 is 0 Å². The molecule has 148 valence electrons. The highest BCUT2D eigenvalue weighted by Crippen LogP contribution is 2.46. The second-order valence-corrected chi connectivity index (χ2v) is 8.09. The van der Waals surface area contributed by atoms with E-state index < -0.39 is 5.97 Å². The number of hydrogen-bond acceptors (Lipinski definition) is 5. The van der Waals surface area contributed by atoms with E-state index in [-0.39, 0.29) is 11.9 Å². The third-order valence-electron chi connectivity index (χ3n) is 6.37. The van der Waals surface area contributed by atoms with Crippen LogP contribution in [0.2, 0.25) is 0 Å². The van der Waals surface area contributed by atoms with Gasteiger partial charge in [-0.3, -0.25) is 4.79 Å². The second-order valence-electron chi connectivity index (χ2n) is 8.09. The van der Waals surface area contributed by atoms with E-state index in [1.165, 1.54) is 27.1 Å². The molecule has 0 aromatic heterocycles. The van der Waals surface area contributed by atoms with E-state index in [4.69, 9.17) is 9.47 Å². The van der Waals surface area contributed by atoms with E-state index in [9.17, 15) is 9.59 Å². The van der Waals surface area contributed by atoms with Gasteiger partial charge < -0.3 is 19.3 Å². The maximum absolute atomic E-state index is 13.1.